The van der Waals surface area contributed by atoms with Gasteiger partial charge in [0.25, 0.3) is 0 Å². The number of hydrogen-bond donors (Lipinski definition) is 1. The van der Waals surface area contributed by atoms with Crippen LogP contribution in [0.2, 0.25) is 0 Å². The molecule has 0 aromatic heterocycles. The lowest BCUT2D eigenvalue weighted by Gasteiger charge is -2.17. The Hall–Kier alpha value is -1.26. The molecule has 2 fully saturated rings. The molecule has 19 heavy (non-hydrogen) atoms. The monoisotopic (exact) mass is 263 g/mol. The first-order valence-corrected chi connectivity index (χ1v) is 7.00. The quantitative estimate of drug-likeness (QED) is 0.853. The van der Waals surface area contributed by atoms with Crippen LogP contribution >= 0.6 is 0 Å². The van der Waals surface area contributed by atoms with E-state index >= 15 is 0 Å². The van der Waals surface area contributed by atoms with Crippen molar-refractivity contribution in [3.05, 3.63) is 23.8 Å². The summed E-state index contributed by atoms with van der Waals surface area (Å²) in [6.07, 6.45) is 3.74. The van der Waals surface area contributed by atoms with Crippen molar-refractivity contribution in [2.75, 3.05) is 20.3 Å². The first-order chi connectivity index (χ1) is 9.35. The number of methoxy groups -OCH3 is 1. The Bertz CT molecular complexity index is 425. The highest BCUT2D eigenvalue weighted by molar-refractivity contribution is 5.40. The first kappa shape index (κ1) is 12.8. The third-order valence-electron chi connectivity index (χ3n) is 3.61. The Morgan fingerprint density at radius 1 is 1.32 bits per heavy atom. The summed E-state index contributed by atoms with van der Waals surface area (Å²) in [7, 11) is 1.69. The predicted octanol–water partition coefficient (Wildman–Crippen LogP) is 2.11. The molecule has 1 N–H and O–H groups in total. The van der Waals surface area contributed by atoms with Gasteiger partial charge in [-0.15, -0.1) is 0 Å². The number of nitrogens with one attached hydrogen (secondary N) is 1. The number of benzene rings is 1. The topological polar surface area (TPSA) is 39.7 Å². The van der Waals surface area contributed by atoms with E-state index in [1.807, 2.05) is 12.1 Å². The highest BCUT2D eigenvalue weighted by Gasteiger charge is 2.22. The molecule has 1 unspecified atom stereocenters. The van der Waals surface area contributed by atoms with Crippen molar-refractivity contribution in [1.29, 1.82) is 0 Å². The van der Waals surface area contributed by atoms with Gasteiger partial charge < -0.3 is 19.5 Å². The van der Waals surface area contributed by atoms with Gasteiger partial charge in [0.05, 0.1) is 20.3 Å². The van der Waals surface area contributed by atoms with Crippen molar-refractivity contribution in [1.82, 2.24) is 5.32 Å². The maximum atomic E-state index is 6.04. The van der Waals surface area contributed by atoms with E-state index in [-0.39, 0.29) is 6.10 Å². The van der Waals surface area contributed by atoms with Gasteiger partial charge in [0.1, 0.15) is 17.6 Å². The third kappa shape index (κ3) is 3.39. The molecule has 1 atom stereocenters. The second-order valence-corrected chi connectivity index (χ2v) is 5.23. The Morgan fingerprint density at radius 2 is 2.21 bits per heavy atom. The lowest BCUT2D eigenvalue weighted by Crippen LogP contribution is -2.19. The van der Waals surface area contributed by atoms with E-state index in [0.29, 0.717) is 12.6 Å². The average molecular weight is 263 g/mol. The molecular weight excluding hydrogens is 242 g/mol. The normalized spacial score (nSPS) is 22.5. The van der Waals surface area contributed by atoms with Gasteiger partial charge in [0, 0.05) is 24.6 Å². The molecule has 1 aliphatic carbocycles. The van der Waals surface area contributed by atoms with E-state index < -0.39 is 0 Å². The molecule has 0 bridgehead atoms. The molecule has 0 amide bonds. The minimum absolute atomic E-state index is 0.188. The highest BCUT2D eigenvalue weighted by Crippen LogP contribution is 2.28. The molecule has 1 aromatic carbocycles. The fraction of sp³-hybridized carbons (Fsp3) is 0.600. The van der Waals surface area contributed by atoms with E-state index in [0.717, 1.165) is 36.6 Å². The molecule has 2 aliphatic rings. The van der Waals surface area contributed by atoms with Crippen molar-refractivity contribution < 1.29 is 14.2 Å². The third-order valence-corrected chi connectivity index (χ3v) is 3.61. The zero-order valence-corrected chi connectivity index (χ0v) is 11.4. The largest absolute Gasteiger partial charge is 0.497 e. The van der Waals surface area contributed by atoms with Crippen LogP contribution in [-0.4, -0.2) is 32.5 Å². The van der Waals surface area contributed by atoms with E-state index in [4.69, 9.17) is 14.2 Å². The second-order valence-electron chi connectivity index (χ2n) is 5.23. The van der Waals surface area contributed by atoms with Crippen LogP contribution in [0.25, 0.3) is 0 Å². The Kier molecular flexibility index (Phi) is 3.89. The Balaban J connectivity index is 1.70. The van der Waals surface area contributed by atoms with Gasteiger partial charge in [0.2, 0.25) is 0 Å². The van der Waals surface area contributed by atoms with Crippen LogP contribution in [0.5, 0.6) is 11.5 Å². The molecule has 0 spiro atoms. The number of hydrogen-bond acceptors (Lipinski definition) is 4. The fourth-order valence-corrected chi connectivity index (χ4v) is 2.26. The second kappa shape index (κ2) is 5.80. The standard InChI is InChI=1S/C15H21NO3/c1-17-13-4-5-15(19-14-6-7-18-10-14)11(8-13)9-16-12-2-3-12/h4-5,8,12,14,16H,2-3,6-7,9-10H2,1H3. The zero-order valence-electron chi connectivity index (χ0n) is 11.4. The summed E-state index contributed by atoms with van der Waals surface area (Å²) in [5.74, 6) is 1.83. The molecule has 3 rings (SSSR count). The molecular formula is C15H21NO3. The van der Waals surface area contributed by atoms with Gasteiger partial charge in [0.15, 0.2) is 0 Å². The molecule has 1 aliphatic heterocycles. The highest BCUT2D eigenvalue weighted by atomic mass is 16.5. The summed E-state index contributed by atoms with van der Waals surface area (Å²) >= 11 is 0. The predicted molar refractivity (Wildman–Crippen MR) is 72.7 cm³/mol. The van der Waals surface area contributed by atoms with E-state index in [1.165, 1.54) is 12.8 Å². The van der Waals surface area contributed by atoms with E-state index in [9.17, 15) is 0 Å². The van der Waals surface area contributed by atoms with Crippen LogP contribution in [0.15, 0.2) is 18.2 Å². The average Bonchev–Trinajstić information content (AvgIpc) is 3.13. The van der Waals surface area contributed by atoms with Crippen LogP contribution in [0.3, 0.4) is 0 Å². The van der Waals surface area contributed by atoms with E-state index in [1.54, 1.807) is 7.11 Å². The van der Waals surface area contributed by atoms with Gasteiger partial charge in [-0.2, -0.15) is 0 Å². The minimum Gasteiger partial charge on any atom is -0.497 e. The van der Waals surface area contributed by atoms with Crippen LogP contribution in [0, 0.1) is 0 Å². The van der Waals surface area contributed by atoms with Gasteiger partial charge >= 0.3 is 0 Å². The molecule has 1 heterocycles. The lowest BCUT2D eigenvalue weighted by molar-refractivity contribution is 0.140. The van der Waals surface area contributed by atoms with Crippen LogP contribution in [-0.2, 0) is 11.3 Å². The summed E-state index contributed by atoms with van der Waals surface area (Å²) in [6, 6.07) is 6.70. The molecule has 0 radical (unpaired) electrons. The van der Waals surface area contributed by atoms with Crippen molar-refractivity contribution in [2.24, 2.45) is 0 Å². The zero-order chi connectivity index (χ0) is 13.1. The SMILES string of the molecule is COc1ccc(OC2CCOC2)c(CNC2CC2)c1. The smallest absolute Gasteiger partial charge is 0.124 e. The van der Waals surface area contributed by atoms with Gasteiger partial charge in [-0.3, -0.25) is 0 Å². The fourth-order valence-electron chi connectivity index (χ4n) is 2.26. The summed E-state index contributed by atoms with van der Waals surface area (Å²) in [5, 5.41) is 3.52. The van der Waals surface area contributed by atoms with Gasteiger partial charge in [-0.25, -0.2) is 0 Å². The van der Waals surface area contributed by atoms with Crippen LogP contribution in [0.1, 0.15) is 24.8 Å². The van der Waals surface area contributed by atoms with Gasteiger partial charge in [-0.05, 0) is 31.0 Å². The van der Waals surface area contributed by atoms with Crippen LogP contribution < -0.4 is 14.8 Å². The van der Waals surface area contributed by atoms with E-state index in [2.05, 4.69) is 11.4 Å². The number of ether oxygens (including phenoxy) is 3. The summed E-state index contributed by atoms with van der Waals surface area (Å²) in [6.45, 7) is 2.34. The molecule has 1 saturated carbocycles. The summed E-state index contributed by atoms with van der Waals surface area (Å²) < 4.78 is 16.7. The summed E-state index contributed by atoms with van der Waals surface area (Å²) in [4.78, 5) is 0. The maximum Gasteiger partial charge on any atom is 0.124 e. The van der Waals surface area contributed by atoms with Crippen molar-refractivity contribution in [3.63, 3.8) is 0 Å². The molecule has 1 aromatic rings. The Labute approximate surface area is 114 Å². The first-order valence-electron chi connectivity index (χ1n) is 7.00. The van der Waals surface area contributed by atoms with Crippen molar-refractivity contribution in [2.45, 2.75) is 38.0 Å². The van der Waals surface area contributed by atoms with Crippen molar-refractivity contribution in [3.8, 4) is 11.5 Å². The maximum absolute atomic E-state index is 6.04. The van der Waals surface area contributed by atoms with Crippen molar-refractivity contribution >= 4 is 0 Å². The van der Waals surface area contributed by atoms with Crippen LogP contribution in [0.4, 0.5) is 0 Å². The summed E-state index contributed by atoms with van der Waals surface area (Å²) in [5.41, 5.74) is 1.16. The molecule has 4 heteroatoms. The molecule has 4 nitrogen and oxygen atoms in total. The molecule has 104 valence electrons. The minimum atomic E-state index is 0.188. The molecule has 1 saturated heterocycles. The van der Waals surface area contributed by atoms with Gasteiger partial charge in [-0.1, -0.05) is 0 Å². The Morgan fingerprint density at radius 3 is 2.89 bits per heavy atom. The lowest BCUT2D eigenvalue weighted by atomic mass is 10.1. The number of rotatable bonds is 6.